The average molecular weight is 346 g/mol. The van der Waals surface area contributed by atoms with Crippen LogP contribution >= 0.6 is 0 Å². The van der Waals surface area contributed by atoms with Gasteiger partial charge in [-0.2, -0.15) is 0 Å². The first-order chi connectivity index (χ1) is 12.0. The maximum absolute atomic E-state index is 13.0. The smallest absolute Gasteiger partial charge is 0.340 e. The van der Waals surface area contributed by atoms with Gasteiger partial charge < -0.3 is 19.3 Å². The molecule has 6 nitrogen and oxygen atoms in total. The van der Waals surface area contributed by atoms with Crippen LogP contribution in [0.5, 0.6) is 11.5 Å². The Kier molecular flexibility index (Phi) is 4.67. The zero-order valence-electron chi connectivity index (χ0n) is 13.3. The highest BCUT2D eigenvalue weighted by Crippen LogP contribution is 2.38. The fraction of sp³-hybridized carbons (Fsp3) is 0.222. The molecular weight excluding hydrogens is 331 g/mol. The lowest BCUT2D eigenvalue weighted by Gasteiger charge is -2.24. The van der Waals surface area contributed by atoms with Crippen LogP contribution in [0.2, 0.25) is 0 Å². The van der Waals surface area contributed by atoms with Gasteiger partial charge in [-0.05, 0) is 29.3 Å². The van der Waals surface area contributed by atoms with Crippen LogP contribution < -0.4 is 9.47 Å². The van der Waals surface area contributed by atoms with E-state index in [2.05, 4.69) is 0 Å². The molecule has 1 N–H and O–H groups in total. The Morgan fingerprint density at radius 1 is 1.36 bits per heavy atom. The molecule has 0 radical (unpaired) electrons. The fourth-order valence-electron chi connectivity index (χ4n) is 2.69. The van der Waals surface area contributed by atoms with E-state index in [-0.39, 0.29) is 41.5 Å². The number of carbonyl (C=O) groups is 2. The molecule has 1 unspecified atom stereocenters. The lowest BCUT2D eigenvalue weighted by atomic mass is 9.95. The van der Waals surface area contributed by atoms with E-state index in [0.717, 1.165) is 0 Å². The number of ether oxygens (including phenoxy) is 3. The van der Waals surface area contributed by atoms with Crippen LogP contribution in [0.1, 0.15) is 31.8 Å². The summed E-state index contributed by atoms with van der Waals surface area (Å²) in [6.07, 6.45) is -0.772. The molecule has 25 heavy (non-hydrogen) atoms. The summed E-state index contributed by atoms with van der Waals surface area (Å²) < 4.78 is 28.7. The van der Waals surface area contributed by atoms with E-state index in [1.807, 2.05) is 0 Å². The SMILES string of the molecule is COc1c(OCc2ccc(F)cc2)cc2c(c1C=O)CC(O)OC2=O. The van der Waals surface area contributed by atoms with Crippen LogP contribution in [0.3, 0.4) is 0 Å². The molecule has 3 rings (SSSR count). The molecule has 0 bridgehead atoms. The number of hydrogen-bond acceptors (Lipinski definition) is 6. The van der Waals surface area contributed by atoms with Crippen LogP contribution in [-0.4, -0.2) is 30.8 Å². The van der Waals surface area contributed by atoms with Gasteiger partial charge in [0.25, 0.3) is 0 Å². The lowest BCUT2D eigenvalue weighted by molar-refractivity contribution is -0.0688. The van der Waals surface area contributed by atoms with Gasteiger partial charge in [0, 0.05) is 6.42 Å². The van der Waals surface area contributed by atoms with Crippen molar-refractivity contribution < 1.29 is 33.3 Å². The largest absolute Gasteiger partial charge is 0.492 e. The summed E-state index contributed by atoms with van der Waals surface area (Å²) in [5, 5.41) is 9.59. The van der Waals surface area contributed by atoms with Crippen LogP contribution in [0.15, 0.2) is 30.3 Å². The minimum absolute atomic E-state index is 0.0102. The summed E-state index contributed by atoms with van der Waals surface area (Å²) in [6.45, 7) is 0.0887. The van der Waals surface area contributed by atoms with Crippen molar-refractivity contribution in [1.82, 2.24) is 0 Å². The first-order valence-electron chi connectivity index (χ1n) is 7.48. The predicted octanol–water partition coefficient (Wildman–Crippen LogP) is 2.26. The molecule has 130 valence electrons. The minimum atomic E-state index is -1.31. The van der Waals surface area contributed by atoms with Crippen molar-refractivity contribution in [3.8, 4) is 11.5 Å². The van der Waals surface area contributed by atoms with Crippen LogP contribution in [-0.2, 0) is 17.8 Å². The lowest BCUT2D eigenvalue weighted by Crippen LogP contribution is -2.28. The van der Waals surface area contributed by atoms with Crippen LogP contribution in [0.4, 0.5) is 4.39 Å². The maximum Gasteiger partial charge on any atom is 0.340 e. The normalized spacial score (nSPS) is 16.0. The minimum Gasteiger partial charge on any atom is -0.492 e. The first kappa shape index (κ1) is 16.9. The summed E-state index contributed by atoms with van der Waals surface area (Å²) >= 11 is 0. The Hall–Kier alpha value is -2.93. The highest BCUT2D eigenvalue weighted by atomic mass is 19.1. The van der Waals surface area contributed by atoms with Gasteiger partial charge in [0.15, 0.2) is 17.8 Å². The molecule has 0 aromatic heterocycles. The second-order valence-electron chi connectivity index (χ2n) is 5.44. The van der Waals surface area contributed by atoms with Crippen molar-refractivity contribution in [3.05, 3.63) is 58.4 Å². The second kappa shape index (κ2) is 6.90. The first-order valence-corrected chi connectivity index (χ1v) is 7.48. The van der Waals surface area contributed by atoms with Gasteiger partial charge in [-0.15, -0.1) is 0 Å². The van der Waals surface area contributed by atoms with Gasteiger partial charge in [-0.3, -0.25) is 4.79 Å². The zero-order valence-corrected chi connectivity index (χ0v) is 13.3. The van der Waals surface area contributed by atoms with E-state index in [9.17, 15) is 19.1 Å². The van der Waals surface area contributed by atoms with Crippen molar-refractivity contribution in [3.63, 3.8) is 0 Å². The number of cyclic esters (lactones) is 1. The van der Waals surface area contributed by atoms with E-state index in [1.165, 1.54) is 25.3 Å². The molecule has 0 fully saturated rings. The summed E-state index contributed by atoms with van der Waals surface area (Å²) in [5.41, 5.74) is 1.32. The fourth-order valence-corrected chi connectivity index (χ4v) is 2.69. The maximum atomic E-state index is 13.0. The summed E-state index contributed by atoms with van der Waals surface area (Å²) in [7, 11) is 1.37. The van der Waals surface area contributed by atoms with E-state index >= 15 is 0 Å². The number of esters is 1. The number of rotatable bonds is 5. The Bertz CT molecular complexity index is 815. The van der Waals surface area contributed by atoms with Gasteiger partial charge in [-0.1, -0.05) is 12.1 Å². The highest BCUT2D eigenvalue weighted by Gasteiger charge is 2.31. The Balaban J connectivity index is 1.98. The molecule has 7 heteroatoms. The number of aldehydes is 1. The van der Waals surface area contributed by atoms with Crippen molar-refractivity contribution in [2.45, 2.75) is 19.3 Å². The van der Waals surface area contributed by atoms with Gasteiger partial charge in [0.2, 0.25) is 6.29 Å². The van der Waals surface area contributed by atoms with Gasteiger partial charge >= 0.3 is 5.97 Å². The number of benzene rings is 2. The molecule has 0 saturated heterocycles. The number of aliphatic hydroxyl groups excluding tert-OH is 1. The topological polar surface area (TPSA) is 82.1 Å². The average Bonchev–Trinajstić information content (AvgIpc) is 2.60. The van der Waals surface area contributed by atoms with E-state index < -0.39 is 12.3 Å². The summed E-state index contributed by atoms with van der Waals surface area (Å²) in [5.74, 6) is -0.760. The number of fused-ring (bicyclic) bond motifs is 1. The van der Waals surface area contributed by atoms with E-state index in [1.54, 1.807) is 12.1 Å². The van der Waals surface area contributed by atoms with Crippen LogP contribution in [0, 0.1) is 5.82 Å². The second-order valence-corrected chi connectivity index (χ2v) is 5.44. The Morgan fingerprint density at radius 3 is 2.72 bits per heavy atom. The standard InChI is InChI=1S/C18H15FO6/c1-23-17-14(8-20)12-7-16(21)25-18(22)13(12)6-15(17)24-9-10-2-4-11(19)5-3-10/h2-6,8,16,21H,7,9H2,1H3. The van der Waals surface area contributed by atoms with E-state index in [4.69, 9.17) is 14.2 Å². The van der Waals surface area contributed by atoms with Gasteiger partial charge in [0.1, 0.15) is 12.4 Å². The molecule has 1 aliphatic heterocycles. The number of hydrogen-bond donors (Lipinski definition) is 1. The predicted molar refractivity (Wildman–Crippen MR) is 84.2 cm³/mol. The van der Waals surface area contributed by atoms with E-state index in [0.29, 0.717) is 17.4 Å². The van der Waals surface area contributed by atoms with Gasteiger partial charge in [-0.25, -0.2) is 9.18 Å². The summed E-state index contributed by atoms with van der Waals surface area (Å²) in [6, 6.07) is 7.15. The molecular formula is C18H15FO6. The molecule has 0 aliphatic carbocycles. The number of halogens is 1. The molecule has 0 spiro atoms. The third kappa shape index (κ3) is 3.32. The molecule has 0 amide bonds. The molecule has 2 aromatic carbocycles. The zero-order chi connectivity index (χ0) is 18.0. The van der Waals surface area contributed by atoms with Crippen LogP contribution in [0.25, 0.3) is 0 Å². The number of methoxy groups -OCH3 is 1. The molecule has 0 saturated carbocycles. The van der Waals surface area contributed by atoms with Crippen molar-refractivity contribution in [2.24, 2.45) is 0 Å². The number of carbonyl (C=O) groups excluding carboxylic acids is 2. The molecule has 1 atom stereocenters. The summed E-state index contributed by atoms with van der Waals surface area (Å²) in [4.78, 5) is 23.5. The van der Waals surface area contributed by atoms with Crippen molar-refractivity contribution in [2.75, 3.05) is 7.11 Å². The Morgan fingerprint density at radius 2 is 2.08 bits per heavy atom. The van der Waals surface area contributed by atoms with Gasteiger partial charge in [0.05, 0.1) is 18.2 Å². The number of aliphatic hydroxyl groups is 1. The third-order valence-electron chi connectivity index (χ3n) is 3.87. The highest BCUT2D eigenvalue weighted by molar-refractivity contribution is 5.97. The molecule has 1 aliphatic rings. The molecule has 2 aromatic rings. The quantitative estimate of drug-likeness (QED) is 0.661. The Labute approximate surface area is 142 Å². The molecule has 1 heterocycles. The van der Waals surface area contributed by atoms with Crippen molar-refractivity contribution >= 4 is 12.3 Å². The monoisotopic (exact) mass is 346 g/mol. The van der Waals surface area contributed by atoms with Crippen molar-refractivity contribution in [1.29, 1.82) is 0 Å². The third-order valence-corrected chi connectivity index (χ3v) is 3.87.